The zero-order valence-electron chi connectivity index (χ0n) is 29.1. The summed E-state index contributed by atoms with van der Waals surface area (Å²) in [7, 11) is 0. The molecule has 45 heavy (non-hydrogen) atoms. The summed E-state index contributed by atoms with van der Waals surface area (Å²) < 4.78 is 0. The summed E-state index contributed by atoms with van der Waals surface area (Å²) in [4.78, 5) is 11.8. The molecule has 0 aliphatic rings. The van der Waals surface area contributed by atoms with Crippen LogP contribution in [-0.4, -0.2) is 10.9 Å². The van der Waals surface area contributed by atoms with Crippen LogP contribution in [0.2, 0.25) is 0 Å². The first kappa shape index (κ1) is 34.2. The van der Waals surface area contributed by atoms with Crippen molar-refractivity contribution >= 4 is 5.78 Å². The number of phenols is 1. The lowest BCUT2D eigenvalue weighted by molar-refractivity contribution is 0.101. The predicted molar refractivity (Wildman–Crippen MR) is 194 cm³/mol. The molecule has 238 valence electrons. The first-order chi connectivity index (χ1) is 21.5. The summed E-state index contributed by atoms with van der Waals surface area (Å²) in [6.07, 6.45) is 12.5. The minimum absolute atomic E-state index is 0.0353. The number of aromatic hydroxyl groups is 1. The fourth-order valence-electron chi connectivity index (χ4n) is 6.83. The van der Waals surface area contributed by atoms with E-state index < -0.39 is 0 Å². The SMILES string of the molecule is CCCCCCc1cc(-c2cc(C)c(-c3cc(C)c(-c4ccc(C(C)=O)c(O)c4)cc3C)cc2C)c(CCCCCC)cc1C. The molecular formula is C43H54O2. The van der Waals surface area contributed by atoms with E-state index in [1.54, 1.807) is 12.1 Å². The zero-order valence-corrected chi connectivity index (χ0v) is 29.1. The lowest BCUT2D eigenvalue weighted by atomic mass is 9.84. The van der Waals surface area contributed by atoms with Crippen LogP contribution in [0.4, 0.5) is 0 Å². The fraction of sp³-hybridized carbons (Fsp3) is 0.419. The third-order valence-corrected chi connectivity index (χ3v) is 9.57. The van der Waals surface area contributed by atoms with Gasteiger partial charge in [0.25, 0.3) is 0 Å². The van der Waals surface area contributed by atoms with Crippen LogP contribution in [0.5, 0.6) is 5.75 Å². The molecule has 0 unspecified atom stereocenters. The van der Waals surface area contributed by atoms with Crippen molar-refractivity contribution in [3.8, 4) is 39.1 Å². The average molecular weight is 603 g/mol. The van der Waals surface area contributed by atoms with Crippen LogP contribution < -0.4 is 0 Å². The van der Waals surface area contributed by atoms with Crippen LogP contribution in [0.25, 0.3) is 33.4 Å². The van der Waals surface area contributed by atoms with Crippen LogP contribution in [0.3, 0.4) is 0 Å². The largest absolute Gasteiger partial charge is 0.507 e. The Morgan fingerprint density at radius 2 is 1.02 bits per heavy atom. The smallest absolute Gasteiger partial charge is 0.163 e. The van der Waals surface area contributed by atoms with Gasteiger partial charge in [0, 0.05) is 0 Å². The van der Waals surface area contributed by atoms with Crippen LogP contribution in [0.1, 0.15) is 121 Å². The number of benzene rings is 4. The number of rotatable bonds is 14. The minimum atomic E-state index is -0.131. The monoisotopic (exact) mass is 602 g/mol. The van der Waals surface area contributed by atoms with Crippen molar-refractivity contribution in [3.05, 3.63) is 99.1 Å². The van der Waals surface area contributed by atoms with Gasteiger partial charge in [0.05, 0.1) is 5.56 Å². The fourth-order valence-corrected chi connectivity index (χ4v) is 6.83. The van der Waals surface area contributed by atoms with Gasteiger partial charge in [-0.15, -0.1) is 0 Å². The van der Waals surface area contributed by atoms with Crippen molar-refractivity contribution in [1.82, 2.24) is 0 Å². The molecule has 1 N–H and O–H groups in total. The van der Waals surface area contributed by atoms with E-state index in [9.17, 15) is 9.90 Å². The van der Waals surface area contributed by atoms with Crippen molar-refractivity contribution in [2.24, 2.45) is 0 Å². The highest BCUT2D eigenvalue weighted by Crippen LogP contribution is 2.39. The van der Waals surface area contributed by atoms with Gasteiger partial charge >= 0.3 is 0 Å². The van der Waals surface area contributed by atoms with Crippen molar-refractivity contribution in [3.63, 3.8) is 0 Å². The quantitative estimate of drug-likeness (QED) is 0.115. The lowest BCUT2D eigenvalue weighted by Gasteiger charge is -2.20. The van der Waals surface area contributed by atoms with E-state index in [1.807, 2.05) is 6.07 Å². The zero-order chi connectivity index (χ0) is 32.7. The van der Waals surface area contributed by atoms with E-state index in [4.69, 9.17) is 0 Å². The van der Waals surface area contributed by atoms with Crippen LogP contribution in [-0.2, 0) is 12.8 Å². The van der Waals surface area contributed by atoms with Gasteiger partial charge < -0.3 is 5.11 Å². The summed E-state index contributed by atoms with van der Waals surface area (Å²) in [5.41, 5.74) is 17.0. The standard InChI is InChI=1S/C43H54O2/c1-9-11-13-15-17-34-26-42(35(21-28(34)3)18-16-14-12-10-2)41-25-31(6)40(24-32(41)7)39-23-29(4)38(22-30(39)5)36-19-20-37(33(8)44)43(45)27-36/h19-27,45H,9-18H2,1-8H3. The van der Waals surface area contributed by atoms with E-state index >= 15 is 0 Å². The molecule has 2 nitrogen and oxygen atoms in total. The van der Waals surface area contributed by atoms with Gasteiger partial charge in [-0.25, -0.2) is 0 Å². The van der Waals surface area contributed by atoms with Crippen molar-refractivity contribution in [2.75, 3.05) is 0 Å². The van der Waals surface area contributed by atoms with Gasteiger partial charge in [-0.05, 0) is 152 Å². The van der Waals surface area contributed by atoms with Crippen LogP contribution >= 0.6 is 0 Å². The Labute approximate surface area is 272 Å². The molecule has 4 aromatic carbocycles. The van der Waals surface area contributed by atoms with Crippen molar-refractivity contribution in [1.29, 1.82) is 0 Å². The number of ketones is 1. The highest BCUT2D eigenvalue weighted by Gasteiger charge is 2.17. The molecule has 0 saturated heterocycles. The lowest BCUT2D eigenvalue weighted by Crippen LogP contribution is -2.00. The third-order valence-electron chi connectivity index (χ3n) is 9.57. The normalized spacial score (nSPS) is 11.3. The number of carbonyl (C=O) groups excluding carboxylic acids is 1. The summed E-state index contributed by atoms with van der Waals surface area (Å²) in [6, 6.07) is 19.7. The maximum atomic E-state index is 11.8. The molecule has 0 aliphatic carbocycles. The molecular weight excluding hydrogens is 548 g/mol. The molecule has 0 spiro atoms. The molecule has 2 heteroatoms. The first-order valence-corrected chi connectivity index (χ1v) is 17.3. The molecule has 0 heterocycles. The van der Waals surface area contributed by atoms with Crippen molar-refractivity contribution in [2.45, 2.75) is 120 Å². The Hall–Kier alpha value is -3.65. The first-order valence-electron chi connectivity index (χ1n) is 17.3. The van der Waals surface area contributed by atoms with Gasteiger partial charge in [0.2, 0.25) is 0 Å². The van der Waals surface area contributed by atoms with Gasteiger partial charge in [0.15, 0.2) is 5.78 Å². The highest BCUT2D eigenvalue weighted by atomic mass is 16.3. The van der Waals surface area contributed by atoms with E-state index in [0.29, 0.717) is 5.56 Å². The third kappa shape index (κ3) is 8.15. The second kappa shape index (κ2) is 15.6. The molecule has 0 radical (unpaired) electrons. The number of phenolic OH excluding ortho intramolecular Hbond substituents is 1. The summed E-state index contributed by atoms with van der Waals surface area (Å²) in [5, 5.41) is 10.5. The number of aryl methyl sites for hydroxylation is 7. The Kier molecular flexibility index (Phi) is 11.8. The summed E-state index contributed by atoms with van der Waals surface area (Å²) >= 11 is 0. The predicted octanol–water partition coefficient (Wildman–Crippen LogP) is 12.4. The van der Waals surface area contributed by atoms with E-state index in [2.05, 4.69) is 84.9 Å². The van der Waals surface area contributed by atoms with Gasteiger partial charge in [-0.2, -0.15) is 0 Å². The molecule has 0 fully saturated rings. The van der Waals surface area contributed by atoms with Gasteiger partial charge in [-0.1, -0.05) is 94.8 Å². The number of unbranched alkanes of at least 4 members (excludes halogenated alkanes) is 6. The van der Waals surface area contributed by atoms with Gasteiger partial charge in [-0.3, -0.25) is 4.79 Å². The average Bonchev–Trinajstić information content (AvgIpc) is 3.00. The molecule has 0 aromatic heterocycles. The number of hydrogen-bond donors (Lipinski definition) is 1. The van der Waals surface area contributed by atoms with E-state index in [1.165, 1.54) is 114 Å². The Bertz CT molecular complexity index is 1660. The maximum absolute atomic E-state index is 11.8. The number of Topliss-reactive ketones (excluding diaryl/α,β-unsaturated/α-hetero) is 1. The molecule has 4 aromatic rings. The van der Waals surface area contributed by atoms with Crippen LogP contribution in [0.15, 0.2) is 54.6 Å². The Morgan fingerprint density at radius 3 is 1.53 bits per heavy atom. The van der Waals surface area contributed by atoms with Crippen molar-refractivity contribution < 1.29 is 9.90 Å². The Morgan fingerprint density at radius 1 is 0.533 bits per heavy atom. The summed E-state index contributed by atoms with van der Waals surface area (Å²) in [6.45, 7) is 17.2. The topological polar surface area (TPSA) is 37.3 Å². The molecule has 0 amide bonds. The Balaban J connectivity index is 1.73. The summed E-state index contributed by atoms with van der Waals surface area (Å²) in [5.74, 6) is -0.0952. The second-order valence-corrected chi connectivity index (χ2v) is 13.3. The van der Waals surface area contributed by atoms with E-state index in [0.717, 1.165) is 29.5 Å². The molecule has 0 atom stereocenters. The van der Waals surface area contributed by atoms with Gasteiger partial charge in [0.1, 0.15) is 5.75 Å². The highest BCUT2D eigenvalue weighted by molar-refractivity contribution is 5.97. The van der Waals surface area contributed by atoms with E-state index in [-0.39, 0.29) is 11.5 Å². The molecule has 0 saturated carbocycles. The maximum Gasteiger partial charge on any atom is 0.163 e. The molecule has 0 bridgehead atoms. The second-order valence-electron chi connectivity index (χ2n) is 13.3. The number of hydrogen-bond acceptors (Lipinski definition) is 2. The minimum Gasteiger partial charge on any atom is -0.507 e. The van der Waals surface area contributed by atoms with Crippen LogP contribution in [0, 0.1) is 34.6 Å². The molecule has 4 rings (SSSR count). The molecule has 0 aliphatic heterocycles. The number of carbonyl (C=O) groups is 1.